The highest BCUT2D eigenvalue weighted by molar-refractivity contribution is 6.33. The van der Waals surface area contributed by atoms with Crippen molar-refractivity contribution in [3.63, 3.8) is 0 Å². The van der Waals surface area contributed by atoms with Gasteiger partial charge in [-0.2, -0.15) is 0 Å². The van der Waals surface area contributed by atoms with Crippen LogP contribution in [0.5, 0.6) is 0 Å². The molecular weight excluding hydrogens is 195 g/mol. The molecular formula is C8H8ClFN2O. The van der Waals surface area contributed by atoms with Crippen molar-refractivity contribution < 1.29 is 9.18 Å². The first-order valence-electron chi connectivity index (χ1n) is 3.58. The smallest absolute Gasteiger partial charge is 0.238 e. The van der Waals surface area contributed by atoms with E-state index in [0.717, 1.165) is 6.07 Å². The third-order valence-corrected chi connectivity index (χ3v) is 1.70. The summed E-state index contributed by atoms with van der Waals surface area (Å²) >= 11 is 5.64. The van der Waals surface area contributed by atoms with Gasteiger partial charge in [-0.1, -0.05) is 11.6 Å². The quantitative estimate of drug-likeness (QED) is 0.761. The Morgan fingerprint density at radius 1 is 1.62 bits per heavy atom. The van der Waals surface area contributed by atoms with E-state index >= 15 is 0 Å². The van der Waals surface area contributed by atoms with Crippen LogP contribution in [0.25, 0.3) is 0 Å². The van der Waals surface area contributed by atoms with Crippen LogP contribution in [-0.4, -0.2) is 12.5 Å². The van der Waals surface area contributed by atoms with Gasteiger partial charge >= 0.3 is 0 Å². The molecule has 0 saturated carbocycles. The molecule has 0 fully saturated rings. The molecule has 5 heteroatoms. The molecule has 0 unspecified atom stereocenters. The molecule has 1 rings (SSSR count). The van der Waals surface area contributed by atoms with Crippen molar-refractivity contribution in [3.05, 3.63) is 29.0 Å². The third-order valence-electron chi connectivity index (χ3n) is 1.39. The lowest BCUT2D eigenvalue weighted by Crippen LogP contribution is -2.21. The van der Waals surface area contributed by atoms with E-state index in [-0.39, 0.29) is 17.5 Å². The zero-order valence-corrected chi connectivity index (χ0v) is 7.44. The molecule has 13 heavy (non-hydrogen) atoms. The minimum absolute atomic E-state index is 0.131. The highest BCUT2D eigenvalue weighted by atomic mass is 35.5. The average Bonchev–Trinajstić information content (AvgIpc) is 2.09. The van der Waals surface area contributed by atoms with Crippen LogP contribution in [0.2, 0.25) is 5.02 Å². The summed E-state index contributed by atoms with van der Waals surface area (Å²) in [7, 11) is 0. The molecule has 0 aliphatic heterocycles. The molecule has 0 spiro atoms. The van der Waals surface area contributed by atoms with Gasteiger partial charge in [-0.25, -0.2) is 4.39 Å². The van der Waals surface area contributed by atoms with Crippen molar-refractivity contribution in [1.82, 2.24) is 0 Å². The van der Waals surface area contributed by atoms with Gasteiger partial charge in [0.25, 0.3) is 0 Å². The zero-order chi connectivity index (χ0) is 9.84. The Balaban J connectivity index is 2.83. The van der Waals surface area contributed by atoms with Crippen molar-refractivity contribution in [1.29, 1.82) is 0 Å². The van der Waals surface area contributed by atoms with Gasteiger partial charge in [-0.05, 0) is 18.2 Å². The maximum Gasteiger partial charge on any atom is 0.238 e. The molecule has 0 aliphatic rings. The lowest BCUT2D eigenvalue weighted by atomic mass is 10.3. The standard InChI is InChI=1S/C8H8ClFN2O/c9-6-3-5(10)1-2-7(6)12-8(13)4-11/h1-3H,4,11H2,(H,12,13). The predicted octanol–water partition coefficient (Wildman–Crippen LogP) is 1.38. The number of anilines is 1. The number of halogens is 2. The summed E-state index contributed by atoms with van der Waals surface area (Å²) in [4.78, 5) is 10.8. The summed E-state index contributed by atoms with van der Waals surface area (Å²) in [6, 6.07) is 3.71. The monoisotopic (exact) mass is 202 g/mol. The van der Waals surface area contributed by atoms with E-state index in [1.165, 1.54) is 12.1 Å². The fraction of sp³-hybridized carbons (Fsp3) is 0.125. The third kappa shape index (κ3) is 2.68. The minimum atomic E-state index is -0.448. The fourth-order valence-corrected chi connectivity index (χ4v) is 1.01. The molecule has 3 N–H and O–H groups in total. The fourth-order valence-electron chi connectivity index (χ4n) is 0.792. The van der Waals surface area contributed by atoms with Gasteiger partial charge < -0.3 is 11.1 Å². The van der Waals surface area contributed by atoms with E-state index in [2.05, 4.69) is 5.32 Å². The highest BCUT2D eigenvalue weighted by Gasteiger charge is 2.04. The van der Waals surface area contributed by atoms with Gasteiger partial charge in [0.2, 0.25) is 5.91 Å². The Morgan fingerprint density at radius 3 is 2.85 bits per heavy atom. The summed E-state index contributed by atoms with van der Waals surface area (Å²) < 4.78 is 12.5. The first-order chi connectivity index (χ1) is 6.13. The van der Waals surface area contributed by atoms with E-state index in [4.69, 9.17) is 17.3 Å². The van der Waals surface area contributed by atoms with E-state index < -0.39 is 5.82 Å². The SMILES string of the molecule is NCC(=O)Nc1ccc(F)cc1Cl. The van der Waals surface area contributed by atoms with E-state index in [1.807, 2.05) is 0 Å². The molecule has 0 aliphatic carbocycles. The summed E-state index contributed by atoms with van der Waals surface area (Å²) in [5, 5.41) is 2.58. The molecule has 0 radical (unpaired) electrons. The number of carbonyl (C=O) groups is 1. The summed E-state index contributed by atoms with van der Waals surface area (Å²) in [6.07, 6.45) is 0. The Morgan fingerprint density at radius 2 is 2.31 bits per heavy atom. The maximum atomic E-state index is 12.5. The van der Waals surface area contributed by atoms with Crippen LogP contribution in [-0.2, 0) is 4.79 Å². The Labute approximate surface area is 79.7 Å². The summed E-state index contributed by atoms with van der Waals surface area (Å²) in [5.74, 6) is -0.816. The molecule has 0 atom stereocenters. The van der Waals surface area contributed by atoms with Gasteiger partial charge in [0.1, 0.15) is 5.82 Å². The van der Waals surface area contributed by atoms with Crippen molar-refractivity contribution in [2.75, 3.05) is 11.9 Å². The van der Waals surface area contributed by atoms with Crippen LogP contribution in [0.15, 0.2) is 18.2 Å². The average molecular weight is 203 g/mol. The van der Waals surface area contributed by atoms with Crippen molar-refractivity contribution in [2.45, 2.75) is 0 Å². The van der Waals surface area contributed by atoms with Crippen molar-refractivity contribution in [3.8, 4) is 0 Å². The molecule has 70 valence electrons. The van der Waals surface area contributed by atoms with Crippen LogP contribution in [0.4, 0.5) is 10.1 Å². The molecule has 0 bridgehead atoms. The van der Waals surface area contributed by atoms with Gasteiger partial charge in [-0.3, -0.25) is 4.79 Å². The number of hydrogen-bond acceptors (Lipinski definition) is 2. The predicted molar refractivity (Wildman–Crippen MR) is 49.1 cm³/mol. The first kappa shape index (κ1) is 9.95. The van der Waals surface area contributed by atoms with Crippen LogP contribution >= 0.6 is 11.6 Å². The van der Waals surface area contributed by atoms with E-state index in [1.54, 1.807) is 0 Å². The number of nitrogens with two attached hydrogens (primary N) is 1. The first-order valence-corrected chi connectivity index (χ1v) is 3.96. The Hall–Kier alpha value is -1.13. The number of carbonyl (C=O) groups excluding carboxylic acids is 1. The molecule has 0 heterocycles. The summed E-state index contributed by atoms with van der Waals surface area (Å²) in [6.45, 7) is -0.131. The second-order valence-corrected chi connectivity index (χ2v) is 2.78. The van der Waals surface area contributed by atoms with E-state index in [9.17, 15) is 9.18 Å². The topological polar surface area (TPSA) is 55.1 Å². The van der Waals surface area contributed by atoms with Crippen molar-refractivity contribution in [2.24, 2.45) is 5.73 Å². The normalized spacial score (nSPS) is 9.77. The highest BCUT2D eigenvalue weighted by Crippen LogP contribution is 2.21. The van der Waals surface area contributed by atoms with Crippen LogP contribution in [0.3, 0.4) is 0 Å². The molecule has 1 aromatic rings. The lowest BCUT2D eigenvalue weighted by Gasteiger charge is -2.04. The van der Waals surface area contributed by atoms with E-state index in [0.29, 0.717) is 5.69 Å². The molecule has 0 aromatic heterocycles. The zero-order valence-electron chi connectivity index (χ0n) is 6.68. The maximum absolute atomic E-state index is 12.5. The van der Waals surface area contributed by atoms with Gasteiger partial charge in [-0.15, -0.1) is 0 Å². The number of hydrogen-bond donors (Lipinski definition) is 2. The van der Waals surface area contributed by atoms with Gasteiger partial charge in [0, 0.05) is 0 Å². The molecule has 1 amide bonds. The summed E-state index contributed by atoms with van der Waals surface area (Å²) in [5.41, 5.74) is 5.43. The van der Waals surface area contributed by atoms with Crippen LogP contribution in [0.1, 0.15) is 0 Å². The van der Waals surface area contributed by atoms with Crippen molar-refractivity contribution >= 4 is 23.2 Å². The largest absolute Gasteiger partial charge is 0.324 e. The number of amides is 1. The van der Waals surface area contributed by atoms with Gasteiger partial charge in [0.15, 0.2) is 0 Å². The molecule has 0 saturated heterocycles. The Bertz CT molecular complexity index is 330. The number of rotatable bonds is 2. The Kier molecular flexibility index (Phi) is 3.22. The molecule has 1 aromatic carbocycles. The lowest BCUT2D eigenvalue weighted by molar-refractivity contribution is -0.114. The second-order valence-electron chi connectivity index (χ2n) is 2.38. The minimum Gasteiger partial charge on any atom is -0.324 e. The number of nitrogens with one attached hydrogen (secondary N) is 1. The van der Waals surface area contributed by atoms with Gasteiger partial charge in [0.05, 0.1) is 17.3 Å². The second kappa shape index (κ2) is 4.20. The van der Waals surface area contributed by atoms with Crippen LogP contribution < -0.4 is 11.1 Å². The molecule has 3 nitrogen and oxygen atoms in total. The number of benzene rings is 1. The van der Waals surface area contributed by atoms with Crippen LogP contribution in [0, 0.1) is 5.82 Å².